The molecule has 0 bridgehead atoms. The molecule has 2 heterocycles. The lowest BCUT2D eigenvalue weighted by Gasteiger charge is -2.40. The Hall–Kier alpha value is -0.473. The Morgan fingerprint density at radius 1 is 1.07 bits per heavy atom. The summed E-state index contributed by atoms with van der Waals surface area (Å²) in [7, 11) is -2.03. The average Bonchev–Trinajstić information content (AvgIpc) is 2.90. The van der Waals surface area contributed by atoms with Crippen LogP contribution < -0.4 is 0 Å². The second kappa shape index (κ2) is 7.41. The standard InChI is InChI=1S/C20H38O6Si/c1-18(2,3)17(21)22-12-11-13-14(26-27(9,10)19(4,5)6)15-16(23-13)25-20(7,8)24-15/h13-16H,11-12H2,1-10H3/t13-,14+,15-,16-/m0/s1. The molecule has 0 aromatic carbocycles. The van der Waals surface area contributed by atoms with Crippen molar-refractivity contribution in [2.45, 2.75) is 110 Å². The van der Waals surface area contributed by atoms with Gasteiger partial charge in [0.2, 0.25) is 0 Å². The second-order valence-corrected chi connectivity index (χ2v) is 15.4. The Morgan fingerprint density at radius 3 is 2.19 bits per heavy atom. The minimum absolute atomic E-state index is 0.0727. The van der Waals surface area contributed by atoms with Crippen LogP contribution >= 0.6 is 0 Å². The highest BCUT2D eigenvalue weighted by Crippen LogP contribution is 2.44. The monoisotopic (exact) mass is 402 g/mol. The minimum Gasteiger partial charge on any atom is -0.465 e. The summed E-state index contributed by atoms with van der Waals surface area (Å²) in [5.41, 5.74) is -0.514. The molecule has 0 unspecified atom stereocenters. The first kappa shape index (κ1) is 22.8. The van der Waals surface area contributed by atoms with Crippen molar-refractivity contribution in [3.8, 4) is 0 Å². The first-order chi connectivity index (χ1) is 12.0. The van der Waals surface area contributed by atoms with Gasteiger partial charge in [0.1, 0.15) is 12.2 Å². The highest BCUT2D eigenvalue weighted by molar-refractivity contribution is 6.74. The van der Waals surface area contributed by atoms with Gasteiger partial charge in [-0.2, -0.15) is 0 Å². The molecule has 0 aromatic rings. The molecule has 0 radical (unpaired) electrons. The van der Waals surface area contributed by atoms with E-state index in [-0.39, 0.29) is 29.3 Å². The van der Waals surface area contributed by atoms with Crippen molar-refractivity contribution in [1.82, 2.24) is 0 Å². The highest BCUT2D eigenvalue weighted by atomic mass is 28.4. The van der Waals surface area contributed by atoms with E-state index in [9.17, 15) is 4.79 Å². The number of fused-ring (bicyclic) bond motifs is 1. The minimum atomic E-state index is -2.03. The largest absolute Gasteiger partial charge is 0.465 e. The summed E-state index contributed by atoms with van der Waals surface area (Å²) >= 11 is 0. The third kappa shape index (κ3) is 5.32. The normalized spacial score (nSPS) is 31.0. The summed E-state index contributed by atoms with van der Waals surface area (Å²) in [6.45, 7) is 20.7. The van der Waals surface area contributed by atoms with Crippen molar-refractivity contribution in [1.29, 1.82) is 0 Å². The highest BCUT2D eigenvalue weighted by Gasteiger charge is 2.57. The van der Waals surface area contributed by atoms with Gasteiger partial charge in [-0.15, -0.1) is 0 Å². The van der Waals surface area contributed by atoms with Crippen molar-refractivity contribution in [2.24, 2.45) is 5.41 Å². The summed E-state index contributed by atoms with van der Waals surface area (Å²) in [4.78, 5) is 12.0. The van der Waals surface area contributed by atoms with E-state index in [4.69, 9.17) is 23.4 Å². The van der Waals surface area contributed by atoms with E-state index in [0.717, 1.165) is 0 Å². The van der Waals surface area contributed by atoms with E-state index in [1.54, 1.807) is 0 Å². The van der Waals surface area contributed by atoms with Gasteiger partial charge >= 0.3 is 5.97 Å². The molecule has 27 heavy (non-hydrogen) atoms. The predicted molar refractivity (Wildman–Crippen MR) is 106 cm³/mol. The lowest BCUT2D eigenvalue weighted by Crippen LogP contribution is -2.49. The average molecular weight is 403 g/mol. The van der Waals surface area contributed by atoms with Crippen LogP contribution in [0.15, 0.2) is 0 Å². The van der Waals surface area contributed by atoms with Gasteiger partial charge in [-0.25, -0.2) is 0 Å². The fourth-order valence-electron chi connectivity index (χ4n) is 2.92. The molecule has 0 N–H and O–H groups in total. The zero-order chi connectivity index (χ0) is 20.8. The van der Waals surface area contributed by atoms with Gasteiger partial charge < -0.3 is 23.4 Å². The van der Waals surface area contributed by atoms with E-state index in [2.05, 4.69) is 33.9 Å². The van der Waals surface area contributed by atoms with Crippen LogP contribution in [-0.2, 0) is 28.2 Å². The molecule has 2 aliphatic rings. The fraction of sp³-hybridized carbons (Fsp3) is 0.950. The summed E-state index contributed by atoms with van der Waals surface area (Å²) in [6.07, 6.45) is -0.610. The first-order valence-corrected chi connectivity index (χ1v) is 12.8. The van der Waals surface area contributed by atoms with Gasteiger partial charge in [0.25, 0.3) is 0 Å². The van der Waals surface area contributed by atoms with Gasteiger partial charge in [-0.05, 0) is 52.8 Å². The smallest absolute Gasteiger partial charge is 0.311 e. The Bertz CT molecular complexity index is 546. The molecule has 2 rings (SSSR count). The lowest BCUT2D eigenvalue weighted by atomic mass is 9.97. The molecule has 4 atom stereocenters. The molecule has 0 amide bonds. The molecule has 2 saturated heterocycles. The third-order valence-corrected chi connectivity index (χ3v) is 10.0. The predicted octanol–water partition coefficient (Wildman–Crippen LogP) is 4.23. The summed E-state index contributed by atoms with van der Waals surface area (Å²) in [5, 5.41) is 0.0727. The van der Waals surface area contributed by atoms with Crippen LogP contribution in [0, 0.1) is 5.41 Å². The number of hydrogen-bond donors (Lipinski definition) is 0. The van der Waals surface area contributed by atoms with Crippen LogP contribution in [0.5, 0.6) is 0 Å². The molecule has 0 aliphatic carbocycles. The number of esters is 1. The zero-order valence-electron chi connectivity index (χ0n) is 18.7. The quantitative estimate of drug-likeness (QED) is 0.506. The van der Waals surface area contributed by atoms with Crippen LogP contribution in [0.3, 0.4) is 0 Å². The van der Waals surface area contributed by atoms with Gasteiger partial charge in [-0.3, -0.25) is 4.79 Å². The number of ether oxygens (including phenoxy) is 4. The van der Waals surface area contributed by atoms with Crippen molar-refractivity contribution in [3.05, 3.63) is 0 Å². The van der Waals surface area contributed by atoms with Crippen molar-refractivity contribution >= 4 is 14.3 Å². The zero-order valence-corrected chi connectivity index (χ0v) is 19.7. The second-order valence-electron chi connectivity index (χ2n) is 10.7. The Kier molecular flexibility index (Phi) is 6.26. The van der Waals surface area contributed by atoms with Crippen LogP contribution in [-0.4, -0.2) is 51.3 Å². The summed E-state index contributed by atoms with van der Waals surface area (Å²) in [6, 6.07) is 0. The van der Waals surface area contributed by atoms with Crippen LogP contribution in [0.25, 0.3) is 0 Å². The molecule has 2 fully saturated rings. The SMILES string of the molecule is CC1(C)O[C@@H]2O[C@@H](CCOC(=O)C(C)(C)C)[C@@H](O[Si](C)(C)C(C)(C)C)[C@@H]2O1. The van der Waals surface area contributed by atoms with Gasteiger partial charge in [0.15, 0.2) is 20.4 Å². The molecule has 0 saturated carbocycles. The van der Waals surface area contributed by atoms with Crippen molar-refractivity contribution < 1.29 is 28.2 Å². The van der Waals surface area contributed by atoms with Crippen molar-refractivity contribution in [2.75, 3.05) is 6.61 Å². The molecule has 6 nitrogen and oxygen atoms in total. The van der Waals surface area contributed by atoms with Crippen LogP contribution in [0.1, 0.15) is 61.8 Å². The van der Waals surface area contributed by atoms with Gasteiger partial charge in [0.05, 0.1) is 18.1 Å². The Labute approximate surface area is 165 Å². The molecule has 0 spiro atoms. The lowest BCUT2D eigenvalue weighted by molar-refractivity contribution is -0.215. The Balaban J connectivity index is 2.08. The number of carbonyl (C=O) groups is 1. The fourth-order valence-corrected chi connectivity index (χ4v) is 4.24. The van der Waals surface area contributed by atoms with E-state index in [0.29, 0.717) is 13.0 Å². The summed E-state index contributed by atoms with van der Waals surface area (Å²) < 4.78 is 30.2. The van der Waals surface area contributed by atoms with Crippen LogP contribution in [0.2, 0.25) is 18.1 Å². The Morgan fingerprint density at radius 2 is 1.67 bits per heavy atom. The molecule has 158 valence electrons. The van der Waals surface area contributed by atoms with Crippen LogP contribution in [0.4, 0.5) is 0 Å². The first-order valence-electron chi connectivity index (χ1n) is 9.90. The van der Waals surface area contributed by atoms with Crippen molar-refractivity contribution in [3.63, 3.8) is 0 Å². The van der Waals surface area contributed by atoms with Gasteiger partial charge in [0, 0.05) is 6.42 Å². The number of hydrogen-bond acceptors (Lipinski definition) is 6. The van der Waals surface area contributed by atoms with E-state index < -0.39 is 25.8 Å². The summed E-state index contributed by atoms with van der Waals surface area (Å²) in [5.74, 6) is -0.898. The maximum Gasteiger partial charge on any atom is 0.311 e. The molecule has 7 heteroatoms. The molecular formula is C20H38O6Si. The number of carbonyl (C=O) groups excluding carboxylic acids is 1. The van der Waals surface area contributed by atoms with E-state index in [1.165, 1.54) is 0 Å². The maximum atomic E-state index is 12.0. The van der Waals surface area contributed by atoms with Gasteiger partial charge in [-0.1, -0.05) is 20.8 Å². The topological polar surface area (TPSA) is 63.2 Å². The number of rotatable bonds is 5. The molecule has 2 aliphatic heterocycles. The van der Waals surface area contributed by atoms with E-state index >= 15 is 0 Å². The molecular weight excluding hydrogens is 364 g/mol. The third-order valence-electron chi connectivity index (χ3n) is 5.57. The van der Waals surface area contributed by atoms with E-state index in [1.807, 2.05) is 34.6 Å². The maximum absolute atomic E-state index is 12.0. The molecule has 0 aromatic heterocycles.